The summed E-state index contributed by atoms with van der Waals surface area (Å²) in [5, 5.41) is 5.26. The van der Waals surface area contributed by atoms with Gasteiger partial charge in [-0.05, 0) is 25.8 Å². The van der Waals surface area contributed by atoms with Crippen molar-refractivity contribution in [1.82, 2.24) is 15.5 Å². The molecule has 2 amide bonds. The second-order valence-corrected chi connectivity index (χ2v) is 4.33. The third-order valence-electron chi connectivity index (χ3n) is 3.13. The predicted molar refractivity (Wildman–Crippen MR) is 66.6 cm³/mol. The molecule has 1 aliphatic heterocycles. The fraction of sp³-hybridized carbons (Fsp3) is 0.833. The number of hydrogen-bond acceptors (Lipinski definition) is 3. The van der Waals surface area contributed by atoms with Gasteiger partial charge in [-0.1, -0.05) is 6.90 Å². The third kappa shape index (κ3) is 4.73. The van der Waals surface area contributed by atoms with E-state index in [9.17, 15) is 9.59 Å². The molecule has 1 heterocycles. The number of carbonyl (C=O) groups excluding carboxylic acids is 2. The maximum atomic E-state index is 11.7. The maximum absolute atomic E-state index is 11.7. The molecule has 5 nitrogen and oxygen atoms in total. The summed E-state index contributed by atoms with van der Waals surface area (Å²) < 4.78 is 7.25. The van der Waals surface area contributed by atoms with Gasteiger partial charge >= 0.3 is 0 Å². The molecular formula is C12H23N3O2. The molecule has 1 rings (SSSR count). The SMILES string of the molecule is [2H][13CH2][13CH2]C1CCC[15N]1[13CH2]C(=O)NCCC(=O)[15NH][13CH3]. The van der Waals surface area contributed by atoms with Crippen molar-refractivity contribution in [3.05, 3.63) is 0 Å². The molecule has 5 heteroatoms. The first kappa shape index (κ1) is 12.4. The van der Waals surface area contributed by atoms with Gasteiger partial charge < -0.3 is 10.6 Å². The van der Waals surface area contributed by atoms with Crippen LogP contribution in [-0.2, 0) is 9.59 Å². The molecule has 17 heavy (non-hydrogen) atoms. The van der Waals surface area contributed by atoms with Gasteiger partial charge in [-0.2, -0.15) is 0 Å². The van der Waals surface area contributed by atoms with E-state index in [4.69, 9.17) is 1.37 Å². The van der Waals surface area contributed by atoms with Crippen molar-refractivity contribution in [3.63, 3.8) is 0 Å². The molecule has 1 aliphatic rings. The van der Waals surface area contributed by atoms with Crippen LogP contribution in [0.4, 0.5) is 0 Å². The Morgan fingerprint density at radius 3 is 3.00 bits per heavy atom. The van der Waals surface area contributed by atoms with E-state index in [2.05, 4.69) is 15.5 Å². The van der Waals surface area contributed by atoms with E-state index in [-0.39, 0.29) is 11.8 Å². The molecule has 2 N–H and O–H groups in total. The maximum Gasteiger partial charge on any atom is 0.234 e. The van der Waals surface area contributed by atoms with Crippen LogP contribution in [-0.4, -0.2) is 49.4 Å². The van der Waals surface area contributed by atoms with Gasteiger partial charge in [0.1, 0.15) is 0 Å². The average molecular weight is 248 g/mol. The topological polar surface area (TPSA) is 61.4 Å². The van der Waals surface area contributed by atoms with Gasteiger partial charge in [0.15, 0.2) is 0 Å². The first-order chi connectivity index (χ1) is 8.67. The highest BCUT2D eigenvalue weighted by molar-refractivity contribution is 5.80. The van der Waals surface area contributed by atoms with Crippen LogP contribution in [0.1, 0.15) is 34.0 Å². The van der Waals surface area contributed by atoms with Crippen LogP contribution >= 0.6 is 0 Å². The largest absolute Gasteiger partial charge is 0.359 e. The summed E-state index contributed by atoms with van der Waals surface area (Å²) in [6, 6.07) is 0.382. The summed E-state index contributed by atoms with van der Waals surface area (Å²) >= 11 is 0. The van der Waals surface area contributed by atoms with E-state index in [1.165, 1.54) is 0 Å². The molecule has 98 valence electrons. The minimum Gasteiger partial charge on any atom is -0.359 e. The minimum absolute atomic E-state index is 0.0317. The van der Waals surface area contributed by atoms with Gasteiger partial charge in [0.05, 0.1) is 6.54 Å². The van der Waals surface area contributed by atoms with E-state index in [1.54, 1.807) is 7.05 Å². The van der Waals surface area contributed by atoms with Crippen LogP contribution in [0.3, 0.4) is 0 Å². The van der Waals surface area contributed by atoms with Crippen molar-refractivity contribution >= 4 is 11.8 Å². The first-order valence-corrected chi connectivity index (χ1v) is 6.18. The number of nitrogens with one attached hydrogen (secondary N) is 2. The van der Waals surface area contributed by atoms with Crippen molar-refractivity contribution in [2.75, 3.05) is 26.7 Å². The van der Waals surface area contributed by atoms with Crippen LogP contribution < -0.4 is 10.6 Å². The summed E-state index contributed by atoms with van der Waals surface area (Å²) in [4.78, 5) is 24.8. The lowest BCUT2D eigenvalue weighted by Gasteiger charge is -2.22. The van der Waals surface area contributed by atoms with Gasteiger partial charge in [-0.3, -0.25) is 14.5 Å². The summed E-state index contributed by atoms with van der Waals surface area (Å²) in [6.45, 7) is 2.13. The zero-order chi connectivity index (χ0) is 13.4. The number of carbonyl (C=O) groups is 2. The molecule has 0 aromatic rings. The van der Waals surface area contributed by atoms with Gasteiger partial charge in [0.25, 0.3) is 0 Å². The first-order valence-electron chi connectivity index (χ1n) is 6.88. The minimum atomic E-state index is -0.0662. The highest BCUT2D eigenvalue weighted by Crippen LogP contribution is 2.18. The highest BCUT2D eigenvalue weighted by Gasteiger charge is 2.24. The summed E-state index contributed by atoms with van der Waals surface area (Å²) in [7, 11) is 1.58. The van der Waals surface area contributed by atoms with E-state index < -0.39 is 0 Å². The van der Waals surface area contributed by atoms with Crippen molar-refractivity contribution in [3.8, 4) is 0 Å². The molecule has 1 fully saturated rings. The second-order valence-electron chi connectivity index (χ2n) is 4.33. The molecule has 0 aromatic heterocycles. The second kappa shape index (κ2) is 7.27. The number of likely N-dealkylation sites (tertiary alicyclic amines) is 1. The third-order valence-corrected chi connectivity index (χ3v) is 3.13. The van der Waals surface area contributed by atoms with E-state index in [0.29, 0.717) is 32.5 Å². The van der Waals surface area contributed by atoms with Crippen molar-refractivity contribution < 1.29 is 11.0 Å². The Hall–Kier alpha value is -1.10. The van der Waals surface area contributed by atoms with Crippen molar-refractivity contribution in [2.45, 2.75) is 38.6 Å². The smallest absolute Gasteiger partial charge is 0.234 e. The zero-order valence-electron chi connectivity index (χ0n) is 11.5. The lowest BCUT2D eigenvalue weighted by atomic mass is 10.3. The molecule has 0 aromatic carbocycles. The molecular weight excluding hydrogens is 224 g/mol. The van der Waals surface area contributed by atoms with Crippen LogP contribution in [0.25, 0.3) is 0 Å². The Balaban J connectivity index is 2.20. The normalized spacial score (nSPS) is 21.0. The zero-order valence-corrected chi connectivity index (χ0v) is 10.5. The van der Waals surface area contributed by atoms with Crippen LogP contribution in [0, 0.1) is 0 Å². The monoisotopic (exact) mass is 248 g/mol. The highest BCUT2D eigenvalue weighted by atomic mass is 16.2. The van der Waals surface area contributed by atoms with Gasteiger partial charge in [0.2, 0.25) is 11.8 Å². The Labute approximate surface area is 104 Å². The van der Waals surface area contributed by atoms with E-state index >= 15 is 0 Å². The molecule has 0 spiro atoms. The van der Waals surface area contributed by atoms with Gasteiger partial charge in [-0.15, -0.1) is 0 Å². The fourth-order valence-corrected chi connectivity index (χ4v) is 2.11. The lowest BCUT2D eigenvalue weighted by Crippen LogP contribution is -2.40. The number of rotatable bonds is 6. The molecule has 0 saturated carbocycles. The van der Waals surface area contributed by atoms with Crippen molar-refractivity contribution in [2.24, 2.45) is 0 Å². The van der Waals surface area contributed by atoms with E-state index in [0.717, 1.165) is 25.8 Å². The number of hydrogen-bond donors (Lipinski definition) is 2. The van der Waals surface area contributed by atoms with Gasteiger partial charge in [-0.25, -0.2) is 0 Å². The quantitative estimate of drug-likeness (QED) is 0.518. The van der Waals surface area contributed by atoms with Crippen LogP contribution in [0.2, 0.25) is 0 Å². The van der Waals surface area contributed by atoms with Crippen molar-refractivity contribution in [1.29, 1.82) is 0 Å². The number of nitrogens with zero attached hydrogens (tertiary/aromatic N) is 1. The molecule has 0 bridgehead atoms. The predicted octanol–water partition coefficient (Wildman–Crippen LogP) is 0.113. The Kier molecular flexibility index (Phi) is 5.29. The number of amides is 2. The summed E-state index contributed by atoms with van der Waals surface area (Å²) in [6.07, 6.45) is 3.35. The summed E-state index contributed by atoms with van der Waals surface area (Å²) in [5.74, 6) is -0.0978. The van der Waals surface area contributed by atoms with E-state index in [1.807, 2.05) is 0 Å². The molecule has 0 aliphatic carbocycles. The standard InChI is InChI=1S/C12H23N3O2/c1-3-10-5-4-8-15(10)9-12(17)14-7-6-11(16)13-2/h10H,3-9H2,1-2H3,(H,13,16)(H,14,17)/i1+1D,2+1,3+1,9+1,13+1,15+1. The molecule has 1 unspecified atom stereocenters. The van der Waals surface area contributed by atoms with Gasteiger partial charge in [0, 0.05) is 27.4 Å². The molecule has 1 atom stereocenters. The van der Waals surface area contributed by atoms with Crippen LogP contribution in [0.5, 0.6) is 0 Å². The Bertz CT molecular complexity index is 286. The average Bonchev–Trinajstić information content (AvgIpc) is 2.77. The molecule has 0 radical (unpaired) electrons. The lowest BCUT2D eigenvalue weighted by molar-refractivity contribution is -0.123. The Morgan fingerprint density at radius 1 is 1.47 bits per heavy atom. The molecule has 1 saturated heterocycles. The fourth-order valence-electron chi connectivity index (χ4n) is 2.11. The Morgan fingerprint density at radius 2 is 2.29 bits per heavy atom. The summed E-state index contributed by atoms with van der Waals surface area (Å²) in [5.41, 5.74) is 0. The van der Waals surface area contributed by atoms with Crippen LogP contribution in [0.15, 0.2) is 0 Å².